The van der Waals surface area contributed by atoms with Gasteiger partial charge >= 0.3 is 5.97 Å². The third kappa shape index (κ3) is 2.43. The van der Waals surface area contributed by atoms with Crippen molar-refractivity contribution >= 4 is 28.9 Å². The van der Waals surface area contributed by atoms with Gasteiger partial charge in [0.15, 0.2) is 0 Å². The molecule has 0 aliphatic heterocycles. The Hall–Kier alpha value is -1.32. The Morgan fingerprint density at radius 1 is 1.38 bits per heavy atom. The summed E-state index contributed by atoms with van der Waals surface area (Å²) in [6, 6.07) is 8.69. The molecule has 0 N–H and O–H groups in total. The molecule has 0 saturated heterocycles. The highest BCUT2D eigenvalue weighted by molar-refractivity contribution is 7.12. The maximum atomic E-state index is 11.6. The SMILES string of the molecule is Cc1cc(OC(=O)c2cccs2)ccc1Cl. The molecule has 2 aromatic rings. The molecule has 0 bridgehead atoms. The van der Waals surface area contributed by atoms with Crippen LogP contribution < -0.4 is 4.74 Å². The number of thiophene rings is 1. The number of carbonyl (C=O) groups is 1. The number of esters is 1. The number of ether oxygens (including phenoxy) is 1. The van der Waals surface area contributed by atoms with E-state index >= 15 is 0 Å². The number of carbonyl (C=O) groups excluding carboxylic acids is 1. The maximum absolute atomic E-state index is 11.6. The topological polar surface area (TPSA) is 26.3 Å². The van der Waals surface area contributed by atoms with Gasteiger partial charge in [-0.25, -0.2) is 4.79 Å². The van der Waals surface area contributed by atoms with Gasteiger partial charge in [-0.15, -0.1) is 11.3 Å². The van der Waals surface area contributed by atoms with E-state index in [-0.39, 0.29) is 5.97 Å². The van der Waals surface area contributed by atoms with Gasteiger partial charge in [-0.1, -0.05) is 17.7 Å². The third-order valence-corrected chi connectivity index (χ3v) is 3.34. The van der Waals surface area contributed by atoms with Crippen LogP contribution >= 0.6 is 22.9 Å². The van der Waals surface area contributed by atoms with Crippen LogP contribution in [0.25, 0.3) is 0 Å². The second-order valence-corrected chi connectivity index (χ2v) is 4.63. The van der Waals surface area contributed by atoms with Crippen molar-refractivity contribution in [2.75, 3.05) is 0 Å². The number of halogens is 1. The summed E-state index contributed by atoms with van der Waals surface area (Å²) < 4.78 is 5.21. The smallest absolute Gasteiger partial charge is 0.353 e. The molecule has 16 heavy (non-hydrogen) atoms. The van der Waals surface area contributed by atoms with Crippen molar-refractivity contribution in [1.29, 1.82) is 0 Å². The van der Waals surface area contributed by atoms with E-state index in [1.165, 1.54) is 11.3 Å². The minimum atomic E-state index is -0.336. The van der Waals surface area contributed by atoms with E-state index in [0.29, 0.717) is 15.6 Å². The van der Waals surface area contributed by atoms with Crippen LogP contribution in [-0.4, -0.2) is 5.97 Å². The lowest BCUT2D eigenvalue weighted by Crippen LogP contribution is -2.06. The van der Waals surface area contributed by atoms with Crippen molar-refractivity contribution in [2.45, 2.75) is 6.92 Å². The Kier molecular flexibility index (Phi) is 3.27. The van der Waals surface area contributed by atoms with Crippen molar-refractivity contribution in [3.05, 3.63) is 51.2 Å². The van der Waals surface area contributed by atoms with E-state index in [1.807, 2.05) is 18.4 Å². The number of benzene rings is 1. The summed E-state index contributed by atoms with van der Waals surface area (Å²) in [5.74, 6) is 0.178. The fraction of sp³-hybridized carbons (Fsp3) is 0.0833. The molecule has 1 aromatic carbocycles. The largest absolute Gasteiger partial charge is 0.422 e. The second kappa shape index (κ2) is 4.68. The highest BCUT2D eigenvalue weighted by atomic mass is 35.5. The van der Waals surface area contributed by atoms with Gasteiger partial charge in [0, 0.05) is 5.02 Å². The molecule has 0 saturated carbocycles. The molecule has 4 heteroatoms. The molecule has 0 unspecified atom stereocenters. The summed E-state index contributed by atoms with van der Waals surface area (Å²) in [7, 11) is 0. The van der Waals surface area contributed by atoms with E-state index in [2.05, 4.69) is 0 Å². The van der Waals surface area contributed by atoms with Crippen LogP contribution in [-0.2, 0) is 0 Å². The minimum absolute atomic E-state index is 0.336. The molecular weight excluding hydrogens is 244 g/mol. The quantitative estimate of drug-likeness (QED) is 0.598. The first-order valence-electron chi connectivity index (χ1n) is 4.68. The fourth-order valence-electron chi connectivity index (χ4n) is 1.23. The molecule has 2 rings (SSSR count). The van der Waals surface area contributed by atoms with Gasteiger partial charge < -0.3 is 4.74 Å². The standard InChI is InChI=1S/C12H9ClO2S/c1-8-7-9(4-5-10(8)13)15-12(14)11-3-2-6-16-11/h2-7H,1H3. The first kappa shape index (κ1) is 11.2. The molecule has 0 fully saturated rings. The van der Waals surface area contributed by atoms with Gasteiger partial charge in [-0.05, 0) is 42.1 Å². The lowest BCUT2D eigenvalue weighted by atomic mass is 10.2. The molecule has 0 atom stereocenters. The van der Waals surface area contributed by atoms with Crippen LogP contribution in [0.3, 0.4) is 0 Å². The Morgan fingerprint density at radius 2 is 2.19 bits per heavy atom. The predicted molar refractivity (Wildman–Crippen MR) is 65.5 cm³/mol. The molecule has 0 amide bonds. The van der Waals surface area contributed by atoms with Crippen molar-refractivity contribution < 1.29 is 9.53 Å². The molecule has 0 radical (unpaired) electrons. The average Bonchev–Trinajstić information content (AvgIpc) is 2.77. The zero-order valence-electron chi connectivity index (χ0n) is 8.57. The lowest BCUT2D eigenvalue weighted by Gasteiger charge is -2.04. The molecular formula is C12H9ClO2S. The van der Waals surface area contributed by atoms with Gasteiger partial charge in [0.1, 0.15) is 10.6 Å². The Labute approximate surface area is 102 Å². The molecule has 0 aliphatic carbocycles. The molecule has 82 valence electrons. The summed E-state index contributed by atoms with van der Waals surface area (Å²) in [6.07, 6.45) is 0. The predicted octanol–water partition coefficient (Wildman–Crippen LogP) is 3.93. The normalized spacial score (nSPS) is 10.1. The fourth-order valence-corrected chi connectivity index (χ4v) is 1.95. The molecule has 2 nitrogen and oxygen atoms in total. The summed E-state index contributed by atoms with van der Waals surface area (Å²) in [4.78, 5) is 12.2. The Morgan fingerprint density at radius 3 is 2.81 bits per heavy atom. The van der Waals surface area contributed by atoms with Crippen molar-refractivity contribution in [3.8, 4) is 5.75 Å². The monoisotopic (exact) mass is 252 g/mol. The Bertz CT molecular complexity index is 506. The van der Waals surface area contributed by atoms with Crippen LogP contribution in [0.2, 0.25) is 5.02 Å². The van der Waals surface area contributed by atoms with Crippen LogP contribution in [0.4, 0.5) is 0 Å². The van der Waals surface area contributed by atoms with Crippen LogP contribution in [0, 0.1) is 6.92 Å². The highest BCUT2D eigenvalue weighted by Crippen LogP contribution is 2.22. The summed E-state index contributed by atoms with van der Waals surface area (Å²) in [6.45, 7) is 1.87. The lowest BCUT2D eigenvalue weighted by molar-refractivity contribution is 0.0740. The summed E-state index contributed by atoms with van der Waals surface area (Å²) in [5, 5.41) is 2.50. The number of aryl methyl sites for hydroxylation is 1. The van der Waals surface area contributed by atoms with Crippen LogP contribution in [0.15, 0.2) is 35.7 Å². The summed E-state index contributed by atoms with van der Waals surface area (Å²) in [5.41, 5.74) is 0.887. The van der Waals surface area contributed by atoms with Crippen molar-refractivity contribution in [2.24, 2.45) is 0 Å². The first-order chi connectivity index (χ1) is 7.66. The second-order valence-electron chi connectivity index (χ2n) is 3.28. The van der Waals surface area contributed by atoms with E-state index in [1.54, 1.807) is 24.3 Å². The van der Waals surface area contributed by atoms with Crippen molar-refractivity contribution in [3.63, 3.8) is 0 Å². The first-order valence-corrected chi connectivity index (χ1v) is 5.94. The molecule has 0 aliphatic rings. The number of hydrogen-bond donors (Lipinski definition) is 0. The minimum Gasteiger partial charge on any atom is -0.422 e. The van der Waals surface area contributed by atoms with Gasteiger partial charge in [0.25, 0.3) is 0 Å². The average molecular weight is 253 g/mol. The van der Waals surface area contributed by atoms with E-state index in [4.69, 9.17) is 16.3 Å². The zero-order chi connectivity index (χ0) is 11.5. The van der Waals surface area contributed by atoms with Gasteiger partial charge in [-0.3, -0.25) is 0 Å². The van der Waals surface area contributed by atoms with Crippen LogP contribution in [0.5, 0.6) is 5.75 Å². The number of rotatable bonds is 2. The zero-order valence-corrected chi connectivity index (χ0v) is 10.1. The summed E-state index contributed by atoms with van der Waals surface area (Å²) >= 11 is 7.24. The van der Waals surface area contributed by atoms with Gasteiger partial charge in [-0.2, -0.15) is 0 Å². The molecule has 1 aromatic heterocycles. The third-order valence-electron chi connectivity index (χ3n) is 2.06. The maximum Gasteiger partial charge on any atom is 0.353 e. The van der Waals surface area contributed by atoms with Crippen LogP contribution in [0.1, 0.15) is 15.2 Å². The highest BCUT2D eigenvalue weighted by Gasteiger charge is 2.09. The van der Waals surface area contributed by atoms with E-state index < -0.39 is 0 Å². The number of hydrogen-bond acceptors (Lipinski definition) is 3. The van der Waals surface area contributed by atoms with Gasteiger partial charge in [0.2, 0.25) is 0 Å². The molecule has 1 heterocycles. The van der Waals surface area contributed by atoms with Crippen molar-refractivity contribution in [1.82, 2.24) is 0 Å². The molecule has 0 spiro atoms. The Balaban J connectivity index is 2.15. The van der Waals surface area contributed by atoms with E-state index in [9.17, 15) is 4.79 Å². The van der Waals surface area contributed by atoms with Gasteiger partial charge in [0.05, 0.1) is 0 Å². The van der Waals surface area contributed by atoms with E-state index in [0.717, 1.165) is 5.56 Å².